The summed E-state index contributed by atoms with van der Waals surface area (Å²) in [6, 6.07) is 17.8. The zero-order valence-corrected chi connectivity index (χ0v) is 36.9. The normalized spacial score (nSPS) is 16.9. The molecule has 4 heterocycles. The molecule has 326 valence electrons. The third-order valence-corrected chi connectivity index (χ3v) is 13.5. The Hall–Kier alpha value is -5.59. The predicted octanol–water partition coefficient (Wildman–Crippen LogP) is 6.08. The second-order valence-corrected chi connectivity index (χ2v) is 20.0. The number of unbranched alkanes of at least 4 members (excludes halogenated alkanes) is 3. The number of anilines is 1. The topological polar surface area (TPSA) is 177 Å². The van der Waals surface area contributed by atoms with Gasteiger partial charge in [0.05, 0.1) is 35.6 Å². The number of hydrogen-bond donors (Lipinski definition) is 2. The number of rotatable bonds is 17. The van der Waals surface area contributed by atoms with E-state index in [1.165, 1.54) is 6.07 Å². The molecule has 0 radical (unpaired) electrons. The number of halogens is 1. The van der Waals surface area contributed by atoms with Gasteiger partial charge in [0.15, 0.2) is 0 Å². The molecule has 16 heteroatoms. The van der Waals surface area contributed by atoms with E-state index >= 15 is 0 Å². The third kappa shape index (κ3) is 10.4. The predicted molar refractivity (Wildman–Crippen MR) is 236 cm³/mol. The van der Waals surface area contributed by atoms with Crippen LogP contribution in [0.2, 0.25) is 5.02 Å². The Balaban J connectivity index is 0.821. The number of ether oxygens (including phenoxy) is 2. The van der Waals surface area contributed by atoms with E-state index in [9.17, 15) is 28.5 Å². The molecule has 1 unspecified atom stereocenters. The molecule has 1 atom stereocenters. The summed E-state index contributed by atoms with van der Waals surface area (Å²) in [5, 5.41) is 6.71. The molecule has 2 N–H and O–H groups in total. The molecule has 3 aromatic carbocycles. The molecule has 0 saturated carbocycles. The van der Waals surface area contributed by atoms with Crippen molar-refractivity contribution in [2.75, 3.05) is 45.0 Å². The second-order valence-electron chi connectivity index (χ2n) is 16.4. The highest BCUT2D eigenvalue weighted by Gasteiger charge is 2.46. The average Bonchev–Trinajstić information content (AvgIpc) is 3.50. The van der Waals surface area contributed by atoms with Crippen LogP contribution in [0.3, 0.4) is 0 Å². The molecular weight excluding hydrogens is 831 g/mol. The van der Waals surface area contributed by atoms with Crippen LogP contribution in [0.1, 0.15) is 101 Å². The number of piperidine rings is 2. The van der Waals surface area contributed by atoms with Crippen LogP contribution in [-0.2, 0) is 31.8 Å². The van der Waals surface area contributed by atoms with Gasteiger partial charge in [0, 0.05) is 73.6 Å². The summed E-state index contributed by atoms with van der Waals surface area (Å²) in [5.41, 5.74) is 3.93. The maximum absolute atomic E-state index is 13.3. The van der Waals surface area contributed by atoms with E-state index in [0.717, 1.165) is 78.0 Å². The van der Waals surface area contributed by atoms with E-state index in [-0.39, 0.29) is 41.7 Å². The van der Waals surface area contributed by atoms with Gasteiger partial charge in [-0.1, -0.05) is 60.8 Å². The number of carbonyl (C=O) groups is 5. The summed E-state index contributed by atoms with van der Waals surface area (Å²) >= 11 is 6.54. The average molecular weight is 883 g/mol. The third-order valence-electron chi connectivity index (χ3n) is 11.6. The van der Waals surface area contributed by atoms with Gasteiger partial charge in [-0.15, -0.1) is 0 Å². The highest BCUT2D eigenvalue weighted by Crippen LogP contribution is 2.37. The van der Waals surface area contributed by atoms with Crippen molar-refractivity contribution < 1.29 is 38.0 Å². The zero-order valence-electron chi connectivity index (χ0n) is 35.3. The standard InChI is InChI=1S/C46H52ClN6O8P/c1-60-38-27-32(17-16-29(38)26-40-48-28-34(47)35(50-40)25-30-11-7-8-14-39(30)62(2,3)59)52-22-20-31(21-23-52)49-41(54)15-6-4-5-9-24-61-37-13-10-12-33-43(37)46(58)53(45(33)57)36-18-19-42(55)51-44(36)56/h7-8,10-14,16-17,27-28,31,36H,4-6,9,15,18-26H2,1-3H3,(H,49,54)(H,51,55,56). The smallest absolute Gasteiger partial charge is 0.266 e. The number of carbonyl (C=O) groups excluding carboxylic acids is 5. The van der Waals surface area contributed by atoms with Crippen LogP contribution in [0.15, 0.2) is 66.9 Å². The molecule has 3 aliphatic heterocycles. The Morgan fingerprint density at radius 2 is 1.68 bits per heavy atom. The van der Waals surface area contributed by atoms with Crippen LogP contribution in [0.5, 0.6) is 11.5 Å². The van der Waals surface area contributed by atoms with E-state index in [0.29, 0.717) is 48.8 Å². The molecule has 0 spiro atoms. The maximum Gasteiger partial charge on any atom is 0.266 e. The number of aromatic nitrogens is 2. The Morgan fingerprint density at radius 1 is 0.903 bits per heavy atom. The summed E-state index contributed by atoms with van der Waals surface area (Å²) in [6.45, 7) is 5.44. The van der Waals surface area contributed by atoms with Crippen LogP contribution < -0.4 is 30.3 Å². The lowest BCUT2D eigenvalue weighted by Crippen LogP contribution is -2.54. The number of methoxy groups -OCH3 is 1. The molecule has 2 fully saturated rings. The molecule has 3 aliphatic rings. The molecule has 1 aromatic heterocycles. The monoisotopic (exact) mass is 882 g/mol. The van der Waals surface area contributed by atoms with E-state index in [4.69, 9.17) is 26.1 Å². The first-order valence-corrected chi connectivity index (χ1v) is 24.1. The highest BCUT2D eigenvalue weighted by atomic mass is 35.5. The Labute approximate surface area is 366 Å². The zero-order chi connectivity index (χ0) is 44.0. The summed E-state index contributed by atoms with van der Waals surface area (Å²) < 4.78 is 24.7. The van der Waals surface area contributed by atoms with E-state index in [2.05, 4.69) is 26.6 Å². The van der Waals surface area contributed by atoms with Gasteiger partial charge in [-0.3, -0.25) is 34.2 Å². The first kappa shape index (κ1) is 44.5. The fourth-order valence-corrected chi connectivity index (χ4v) is 9.82. The first-order valence-electron chi connectivity index (χ1n) is 21.1. The minimum absolute atomic E-state index is 0.0434. The van der Waals surface area contributed by atoms with Gasteiger partial charge in [0.2, 0.25) is 17.7 Å². The highest BCUT2D eigenvalue weighted by molar-refractivity contribution is 7.70. The van der Waals surface area contributed by atoms with Gasteiger partial charge >= 0.3 is 0 Å². The minimum Gasteiger partial charge on any atom is -0.496 e. The van der Waals surface area contributed by atoms with Crippen molar-refractivity contribution in [2.24, 2.45) is 0 Å². The number of nitrogens with zero attached hydrogens (tertiary/aromatic N) is 4. The van der Waals surface area contributed by atoms with E-state index in [1.807, 2.05) is 36.4 Å². The lowest BCUT2D eigenvalue weighted by atomic mass is 10.0. The van der Waals surface area contributed by atoms with Crippen LogP contribution in [-0.4, -0.2) is 96.6 Å². The largest absolute Gasteiger partial charge is 0.496 e. The van der Waals surface area contributed by atoms with Gasteiger partial charge in [-0.25, -0.2) is 9.97 Å². The number of imide groups is 2. The number of amides is 5. The number of benzene rings is 3. The fourth-order valence-electron chi connectivity index (χ4n) is 8.37. The van der Waals surface area contributed by atoms with Crippen LogP contribution in [0.4, 0.5) is 5.69 Å². The summed E-state index contributed by atoms with van der Waals surface area (Å²) in [7, 11) is -0.836. The Morgan fingerprint density at radius 3 is 2.44 bits per heavy atom. The van der Waals surface area contributed by atoms with Crippen molar-refractivity contribution in [3.8, 4) is 11.5 Å². The van der Waals surface area contributed by atoms with Crippen molar-refractivity contribution in [3.63, 3.8) is 0 Å². The Kier molecular flexibility index (Phi) is 14.1. The molecule has 14 nitrogen and oxygen atoms in total. The van der Waals surface area contributed by atoms with Crippen molar-refractivity contribution in [2.45, 2.75) is 82.7 Å². The first-order chi connectivity index (χ1) is 29.8. The van der Waals surface area contributed by atoms with Gasteiger partial charge in [-0.2, -0.15) is 0 Å². The maximum atomic E-state index is 13.3. The number of nitrogens with one attached hydrogen (secondary N) is 2. The molecule has 0 aliphatic carbocycles. The van der Waals surface area contributed by atoms with Gasteiger partial charge in [0.25, 0.3) is 11.8 Å². The van der Waals surface area contributed by atoms with Crippen LogP contribution in [0.25, 0.3) is 0 Å². The van der Waals surface area contributed by atoms with Gasteiger partial charge in [-0.05, 0) is 69.2 Å². The molecular formula is C46H52ClN6O8P. The van der Waals surface area contributed by atoms with Crippen molar-refractivity contribution in [1.82, 2.24) is 25.5 Å². The number of fused-ring (bicyclic) bond motifs is 1. The van der Waals surface area contributed by atoms with Crippen molar-refractivity contribution >= 4 is 59.3 Å². The van der Waals surface area contributed by atoms with Crippen LogP contribution >= 0.6 is 18.7 Å². The minimum atomic E-state index is -2.49. The lowest BCUT2D eigenvalue weighted by molar-refractivity contribution is -0.136. The Bertz CT molecular complexity index is 2410. The summed E-state index contributed by atoms with van der Waals surface area (Å²) in [6.07, 6.45) is 7.85. The molecule has 5 amide bonds. The fraction of sp³-hybridized carbons (Fsp3) is 0.413. The van der Waals surface area contributed by atoms with Crippen LogP contribution in [0, 0.1) is 0 Å². The lowest BCUT2D eigenvalue weighted by Gasteiger charge is -2.34. The van der Waals surface area contributed by atoms with Crippen molar-refractivity contribution in [1.29, 1.82) is 0 Å². The van der Waals surface area contributed by atoms with Crippen molar-refractivity contribution in [3.05, 3.63) is 106 Å². The molecule has 62 heavy (non-hydrogen) atoms. The van der Waals surface area contributed by atoms with Gasteiger partial charge in [0.1, 0.15) is 30.5 Å². The summed E-state index contributed by atoms with van der Waals surface area (Å²) in [4.78, 5) is 75.7. The summed E-state index contributed by atoms with van der Waals surface area (Å²) in [5.74, 6) is -0.561. The van der Waals surface area contributed by atoms with E-state index < -0.39 is 36.8 Å². The van der Waals surface area contributed by atoms with E-state index in [1.54, 1.807) is 38.8 Å². The molecule has 0 bridgehead atoms. The molecule has 7 rings (SSSR count). The molecule has 2 saturated heterocycles. The quantitative estimate of drug-likeness (QED) is 0.0714. The number of hydrogen-bond acceptors (Lipinski definition) is 11. The van der Waals surface area contributed by atoms with Gasteiger partial charge < -0.3 is 24.3 Å². The molecule has 4 aromatic rings. The SMILES string of the molecule is COc1cc(N2CCC(NC(=O)CCCCCCOc3cccc4c3C(=O)N(C3CCC(=O)NC3=O)C4=O)CC2)ccc1Cc1ncc(Cl)c(Cc2ccccc2P(C)(C)=O)n1. The second kappa shape index (κ2) is 19.6.